The first kappa shape index (κ1) is 18.3. The molecule has 1 aromatic carbocycles. The summed E-state index contributed by atoms with van der Waals surface area (Å²) in [4.78, 5) is 17.7. The molecule has 3 aromatic rings. The van der Waals surface area contributed by atoms with E-state index in [4.69, 9.17) is 4.52 Å². The molecule has 5 nitrogen and oxygen atoms in total. The molecule has 7 heteroatoms. The van der Waals surface area contributed by atoms with Gasteiger partial charge in [0, 0.05) is 23.3 Å². The second-order valence-corrected chi connectivity index (χ2v) is 7.30. The van der Waals surface area contributed by atoms with Gasteiger partial charge in [-0.05, 0) is 41.6 Å². The van der Waals surface area contributed by atoms with Gasteiger partial charge in [0.25, 0.3) is 0 Å². The lowest BCUT2D eigenvalue weighted by atomic mass is 10.0. The summed E-state index contributed by atoms with van der Waals surface area (Å²) >= 11 is 1.64. The zero-order valence-corrected chi connectivity index (χ0v) is 15.4. The van der Waals surface area contributed by atoms with Gasteiger partial charge in [0.2, 0.25) is 17.6 Å². The molecule has 0 aliphatic carbocycles. The maximum Gasteiger partial charge on any atom is 0.227 e. The van der Waals surface area contributed by atoms with E-state index in [-0.39, 0.29) is 24.2 Å². The molecular formula is C19H20FN3O2S. The Morgan fingerprint density at radius 1 is 1.27 bits per heavy atom. The van der Waals surface area contributed by atoms with Gasteiger partial charge in [0.05, 0.1) is 6.04 Å². The lowest BCUT2D eigenvalue weighted by Crippen LogP contribution is -2.31. The topological polar surface area (TPSA) is 68.0 Å². The summed E-state index contributed by atoms with van der Waals surface area (Å²) in [5.74, 6) is 0.694. The van der Waals surface area contributed by atoms with Gasteiger partial charge >= 0.3 is 0 Å². The summed E-state index contributed by atoms with van der Waals surface area (Å²) in [6, 6.07) is 9.88. The summed E-state index contributed by atoms with van der Waals surface area (Å²) in [7, 11) is 0. The molecule has 0 fully saturated rings. The van der Waals surface area contributed by atoms with Crippen LogP contribution >= 0.6 is 11.3 Å². The minimum atomic E-state index is -0.320. The molecule has 0 unspecified atom stereocenters. The molecule has 1 amide bonds. The molecule has 3 rings (SSSR count). The Hall–Kier alpha value is -2.54. The molecule has 0 aliphatic heterocycles. The number of aryl methyl sites for hydroxylation is 1. The fourth-order valence-corrected chi connectivity index (χ4v) is 3.52. The fraction of sp³-hybridized carbons (Fsp3) is 0.316. The van der Waals surface area contributed by atoms with Crippen molar-refractivity contribution in [2.75, 3.05) is 0 Å². The van der Waals surface area contributed by atoms with Gasteiger partial charge in [-0.3, -0.25) is 4.79 Å². The predicted octanol–water partition coefficient (Wildman–Crippen LogP) is 4.38. The molecule has 26 heavy (non-hydrogen) atoms. The monoisotopic (exact) mass is 373 g/mol. The van der Waals surface area contributed by atoms with Crippen LogP contribution in [0, 0.1) is 11.7 Å². The van der Waals surface area contributed by atoms with E-state index in [0.29, 0.717) is 29.6 Å². The van der Waals surface area contributed by atoms with E-state index in [1.807, 2.05) is 17.5 Å². The number of hydrogen-bond donors (Lipinski definition) is 1. The quantitative estimate of drug-likeness (QED) is 0.667. The zero-order chi connectivity index (χ0) is 18.5. The van der Waals surface area contributed by atoms with Crippen LogP contribution < -0.4 is 5.32 Å². The molecule has 0 saturated heterocycles. The molecule has 0 bridgehead atoms. The van der Waals surface area contributed by atoms with E-state index in [1.165, 1.54) is 12.1 Å². The molecule has 1 N–H and O–H groups in total. The number of rotatable bonds is 7. The number of carbonyl (C=O) groups is 1. The molecular weight excluding hydrogens is 353 g/mol. The van der Waals surface area contributed by atoms with Crippen molar-refractivity contribution < 1.29 is 13.7 Å². The Labute approximate surface area is 155 Å². The van der Waals surface area contributed by atoms with Crippen molar-refractivity contribution in [2.45, 2.75) is 32.7 Å². The van der Waals surface area contributed by atoms with Gasteiger partial charge in [-0.1, -0.05) is 25.1 Å². The van der Waals surface area contributed by atoms with Crippen LogP contribution in [0.4, 0.5) is 4.39 Å². The fourth-order valence-electron chi connectivity index (χ4n) is 2.57. The van der Waals surface area contributed by atoms with Gasteiger partial charge in [-0.25, -0.2) is 4.39 Å². The summed E-state index contributed by atoms with van der Waals surface area (Å²) in [6.45, 7) is 4.16. The number of aromatic nitrogens is 2. The van der Waals surface area contributed by atoms with Crippen LogP contribution in [-0.4, -0.2) is 16.0 Å². The van der Waals surface area contributed by atoms with Crippen LogP contribution in [0.25, 0.3) is 11.4 Å². The van der Waals surface area contributed by atoms with E-state index >= 15 is 0 Å². The van der Waals surface area contributed by atoms with Crippen molar-refractivity contribution >= 4 is 17.2 Å². The van der Waals surface area contributed by atoms with Crippen molar-refractivity contribution in [3.05, 3.63) is 58.4 Å². The van der Waals surface area contributed by atoms with E-state index in [9.17, 15) is 9.18 Å². The molecule has 0 saturated carbocycles. The van der Waals surface area contributed by atoms with Gasteiger partial charge in [-0.15, -0.1) is 11.3 Å². The molecule has 0 aliphatic rings. The maximum atomic E-state index is 13.0. The van der Waals surface area contributed by atoms with Crippen LogP contribution in [-0.2, 0) is 11.2 Å². The van der Waals surface area contributed by atoms with Crippen LogP contribution in [0.5, 0.6) is 0 Å². The Bertz CT molecular complexity index is 844. The number of nitrogens with one attached hydrogen (secondary N) is 1. The van der Waals surface area contributed by atoms with E-state index in [2.05, 4.69) is 29.3 Å². The highest BCUT2D eigenvalue weighted by Crippen LogP contribution is 2.26. The molecule has 2 heterocycles. The van der Waals surface area contributed by atoms with Crippen LogP contribution in [0.1, 0.15) is 37.1 Å². The van der Waals surface area contributed by atoms with E-state index in [0.717, 1.165) is 4.88 Å². The minimum Gasteiger partial charge on any atom is -0.348 e. The highest BCUT2D eigenvalue weighted by Gasteiger charge is 2.19. The summed E-state index contributed by atoms with van der Waals surface area (Å²) in [5, 5.41) is 8.97. The number of hydrogen-bond acceptors (Lipinski definition) is 5. The van der Waals surface area contributed by atoms with Crippen LogP contribution in [0.2, 0.25) is 0 Å². The largest absolute Gasteiger partial charge is 0.348 e. The third kappa shape index (κ3) is 4.54. The van der Waals surface area contributed by atoms with Gasteiger partial charge in [0.1, 0.15) is 5.82 Å². The molecule has 0 spiro atoms. The van der Waals surface area contributed by atoms with Gasteiger partial charge in [0.15, 0.2) is 0 Å². The standard InChI is InChI=1S/C19H20FN3O2S/c1-12(2)18(15-4-3-11-26-15)21-16(24)9-10-17-22-19(23-25-17)13-5-7-14(20)8-6-13/h3-8,11-12,18H,9-10H2,1-2H3,(H,21,24)/t18-/m0/s1. The van der Waals surface area contributed by atoms with Crippen molar-refractivity contribution in [1.82, 2.24) is 15.5 Å². The lowest BCUT2D eigenvalue weighted by Gasteiger charge is -2.21. The first-order valence-electron chi connectivity index (χ1n) is 8.44. The number of thiophene rings is 1. The minimum absolute atomic E-state index is 0.0000358. The van der Waals surface area contributed by atoms with Crippen molar-refractivity contribution in [3.63, 3.8) is 0 Å². The summed E-state index contributed by atoms with van der Waals surface area (Å²) in [6.07, 6.45) is 0.620. The summed E-state index contributed by atoms with van der Waals surface area (Å²) < 4.78 is 18.2. The Kier molecular flexibility index (Phi) is 5.78. The number of benzene rings is 1. The van der Waals surface area contributed by atoms with E-state index < -0.39 is 0 Å². The zero-order valence-electron chi connectivity index (χ0n) is 14.6. The second-order valence-electron chi connectivity index (χ2n) is 6.32. The van der Waals surface area contributed by atoms with Gasteiger partial charge < -0.3 is 9.84 Å². The third-order valence-corrected chi connectivity index (χ3v) is 4.92. The maximum absolute atomic E-state index is 13.0. The molecule has 1 atom stereocenters. The van der Waals surface area contributed by atoms with E-state index in [1.54, 1.807) is 23.5 Å². The van der Waals surface area contributed by atoms with Crippen LogP contribution in [0.15, 0.2) is 46.3 Å². The summed E-state index contributed by atoms with van der Waals surface area (Å²) in [5.41, 5.74) is 0.670. The first-order valence-corrected chi connectivity index (χ1v) is 9.32. The van der Waals surface area contributed by atoms with Crippen molar-refractivity contribution in [1.29, 1.82) is 0 Å². The van der Waals surface area contributed by atoms with Crippen LogP contribution in [0.3, 0.4) is 0 Å². The molecule has 0 radical (unpaired) electrons. The highest BCUT2D eigenvalue weighted by atomic mass is 32.1. The predicted molar refractivity (Wildman–Crippen MR) is 98.1 cm³/mol. The average Bonchev–Trinajstić information content (AvgIpc) is 3.30. The Balaban J connectivity index is 1.57. The average molecular weight is 373 g/mol. The highest BCUT2D eigenvalue weighted by molar-refractivity contribution is 7.10. The number of halogens is 1. The third-order valence-electron chi connectivity index (χ3n) is 3.97. The lowest BCUT2D eigenvalue weighted by molar-refractivity contribution is -0.122. The molecule has 136 valence electrons. The molecule has 2 aromatic heterocycles. The smallest absolute Gasteiger partial charge is 0.227 e. The number of amides is 1. The Morgan fingerprint density at radius 2 is 2.04 bits per heavy atom. The first-order chi connectivity index (χ1) is 12.5. The number of carbonyl (C=O) groups excluding carboxylic acids is 1. The second kappa shape index (κ2) is 8.23. The normalized spacial score (nSPS) is 12.3. The number of nitrogens with zero attached hydrogens (tertiary/aromatic N) is 2. The Morgan fingerprint density at radius 3 is 2.69 bits per heavy atom. The SMILES string of the molecule is CC(C)[C@H](NC(=O)CCc1nc(-c2ccc(F)cc2)no1)c1cccs1. The van der Waals surface area contributed by atoms with Crippen molar-refractivity contribution in [3.8, 4) is 11.4 Å². The van der Waals surface area contributed by atoms with Crippen molar-refractivity contribution in [2.24, 2.45) is 5.92 Å². The van der Waals surface area contributed by atoms with Gasteiger partial charge in [-0.2, -0.15) is 4.98 Å².